The monoisotopic (exact) mass is 350 g/mol. The average Bonchev–Trinajstić information content (AvgIpc) is 3.49. The summed E-state index contributed by atoms with van der Waals surface area (Å²) in [4.78, 5) is 27.9. The van der Waals surface area contributed by atoms with Crippen LogP contribution in [0.25, 0.3) is 0 Å². The number of carbonyl (C=O) groups is 2. The van der Waals surface area contributed by atoms with Gasteiger partial charge >= 0.3 is 0 Å². The van der Waals surface area contributed by atoms with Crippen molar-refractivity contribution in [3.05, 3.63) is 66.2 Å². The van der Waals surface area contributed by atoms with Crippen LogP contribution in [0, 0.1) is 5.41 Å². The Hall–Kier alpha value is -2.62. The lowest BCUT2D eigenvalue weighted by atomic mass is 10.0. The second-order valence-electron chi connectivity index (χ2n) is 7.08. The lowest BCUT2D eigenvalue weighted by Crippen LogP contribution is -2.47. The SMILES string of the molecule is CCC(C)NC(=O)C1(C(=O)N(Cc2ccccc2)c2ccccc2)CC1. The maximum atomic E-state index is 13.4. The lowest BCUT2D eigenvalue weighted by molar-refractivity contribution is -0.136. The van der Waals surface area contributed by atoms with Gasteiger partial charge in [-0.3, -0.25) is 9.59 Å². The number of hydrogen-bond acceptors (Lipinski definition) is 2. The standard InChI is InChI=1S/C22H26N2O2/c1-3-17(2)23-20(25)22(14-15-22)21(26)24(19-12-8-5-9-13-19)16-18-10-6-4-7-11-18/h4-13,17H,3,14-16H2,1-2H3,(H,23,25). The zero-order chi connectivity index (χ0) is 18.6. The van der Waals surface area contributed by atoms with Gasteiger partial charge in [0.05, 0.1) is 6.54 Å². The number of nitrogens with one attached hydrogen (secondary N) is 1. The van der Waals surface area contributed by atoms with Gasteiger partial charge in [0.2, 0.25) is 11.8 Å². The minimum Gasteiger partial charge on any atom is -0.353 e. The molecule has 26 heavy (non-hydrogen) atoms. The number of hydrogen-bond donors (Lipinski definition) is 1. The highest BCUT2D eigenvalue weighted by Crippen LogP contribution is 2.48. The molecule has 1 fully saturated rings. The Morgan fingerprint density at radius 2 is 1.62 bits per heavy atom. The van der Waals surface area contributed by atoms with Crippen LogP contribution in [-0.4, -0.2) is 17.9 Å². The van der Waals surface area contributed by atoms with Crippen LogP contribution in [0.4, 0.5) is 5.69 Å². The van der Waals surface area contributed by atoms with Crippen molar-refractivity contribution >= 4 is 17.5 Å². The van der Waals surface area contributed by atoms with Crippen LogP contribution in [0.3, 0.4) is 0 Å². The molecule has 0 radical (unpaired) electrons. The maximum absolute atomic E-state index is 13.4. The molecule has 0 bridgehead atoms. The molecular formula is C22H26N2O2. The van der Waals surface area contributed by atoms with Crippen LogP contribution < -0.4 is 10.2 Å². The van der Waals surface area contributed by atoms with E-state index in [1.54, 1.807) is 4.90 Å². The summed E-state index contributed by atoms with van der Waals surface area (Å²) < 4.78 is 0. The molecule has 3 rings (SSSR count). The van der Waals surface area contributed by atoms with Gasteiger partial charge < -0.3 is 10.2 Å². The summed E-state index contributed by atoms with van der Waals surface area (Å²) in [5.74, 6) is -0.237. The number of carbonyl (C=O) groups excluding carboxylic acids is 2. The first-order chi connectivity index (χ1) is 12.6. The van der Waals surface area contributed by atoms with Crippen molar-refractivity contribution in [2.24, 2.45) is 5.41 Å². The number of para-hydroxylation sites is 1. The fourth-order valence-corrected chi connectivity index (χ4v) is 3.04. The van der Waals surface area contributed by atoms with Crippen LogP contribution >= 0.6 is 0 Å². The number of amides is 2. The predicted molar refractivity (Wildman–Crippen MR) is 104 cm³/mol. The Labute approximate surface area is 155 Å². The van der Waals surface area contributed by atoms with Crippen LogP contribution in [0.5, 0.6) is 0 Å². The molecule has 0 heterocycles. The zero-order valence-electron chi connectivity index (χ0n) is 15.4. The molecule has 1 aliphatic rings. The second kappa shape index (κ2) is 7.73. The Morgan fingerprint density at radius 1 is 1.04 bits per heavy atom. The Balaban J connectivity index is 1.87. The van der Waals surface area contributed by atoms with E-state index < -0.39 is 5.41 Å². The zero-order valence-corrected chi connectivity index (χ0v) is 15.4. The summed E-state index contributed by atoms with van der Waals surface area (Å²) in [7, 11) is 0. The summed E-state index contributed by atoms with van der Waals surface area (Å²) in [5, 5.41) is 3.00. The quantitative estimate of drug-likeness (QED) is 0.770. The summed E-state index contributed by atoms with van der Waals surface area (Å²) >= 11 is 0. The van der Waals surface area contributed by atoms with Crippen molar-refractivity contribution in [3.8, 4) is 0 Å². The van der Waals surface area contributed by atoms with Crippen molar-refractivity contribution in [1.29, 1.82) is 0 Å². The minimum absolute atomic E-state index is 0.0760. The molecular weight excluding hydrogens is 324 g/mol. The molecule has 2 aromatic carbocycles. The van der Waals surface area contributed by atoms with Gasteiger partial charge in [0, 0.05) is 11.7 Å². The third-order valence-corrected chi connectivity index (χ3v) is 5.08. The molecule has 1 saturated carbocycles. The molecule has 1 atom stereocenters. The van der Waals surface area contributed by atoms with Crippen LogP contribution in [0.1, 0.15) is 38.7 Å². The molecule has 0 spiro atoms. The number of benzene rings is 2. The first-order valence-electron chi connectivity index (χ1n) is 9.29. The van der Waals surface area contributed by atoms with E-state index >= 15 is 0 Å². The molecule has 1 aliphatic carbocycles. The lowest BCUT2D eigenvalue weighted by Gasteiger charge is -2.28. The number of nitrogens with zero attached hydrogens (tertiary/aromatic N) is 1. The normalized spacial score (nSPS) is 15.8. The Bertz CT molecular complexity index is 754. The topological polar surface area (TPSA) is 49.4 Å². The highest BCUT2D eigenvalue weighted by Gasteiger charge is 2.58. The van der Waals surface area contributed by atoms with Gasteiger partial charge in [-0.25, -0.2) is 0 Å². The molecule has 2 amide bonds. The van der Waals surface area contributed by atoms with E-state index in [0.29, 0.717) is 19.4 Å². The van der Waals surface area contributed by atoms with E-state index in [2.05, 4.69) is 5.32 Å². The maximum Gasteiger partial charge on any atom is 0.242 e. The highest BCUT2D eigenvalue weighted by atomic mass is 16.2. The highest BCUT2D eigenvalue weighted by molar-refractivity contribution is 6.14. The largest absolute Gasteiger partial charge is 0.353 e. The molecule has 0 saturated heterocycles. The van der Waals surface area contributed by atoms with Crippen LogP contribution in [-0.2, 0) is 16.1 Å². The summed E-state index contributed by atoms with van der Waals surface area (Å²) in [5.41, 5.74) is 0.959. The van der Waals surface area contributed by atoms with Crippen LogP contribution in [0.2, 0.25) is 0 Å². The van der Waals surface area contributed by atoms with E-state index in [0.717, 1.165) is 17.7 Å². The van der Waals surface area contributed by atoms with Crippen molar-refractivity contribution < 1.29 is 9.59 Å². The first-order valence-corrected chi connectivity index (χ1v) is 9.29. The molecule has 2 aromatic rings. The average molecular weight is 350 g/mol. The van der Waals surface area contributed by atoms with Crippen molar-refractivity contribution in [2.45, 2.75) is 45.7 Å². The smallest absolute Gasteiger partial charge is 0.242 e. The second-order valence-corrected chi connectivity index (χ2v) is 7.08. The van der Waals surface area contributed by atoms with Gasteiger partial charge in [0.15, 0.2) is 0 Å². The van der Waals surface area contributed by atoms with Gasteiger partial charge in [-0.2, -0.15) is 0 Å². The van der Waals surface area contributed by atoms with E-state index in [-0.39, 0.29) is 17.9 Å². The van der Waals surface area contributed by atoms with Crippen molar-refractivity contribution in [1.82, 2.24) is 5.32 Å². The Kier molecular flexibility index (Phi) is 5.40. The van der Waals surface area contributed by atoms with E-state index in [4.69, 9.17) is 0 Å². The summed E-state index contributed by atoms with van der Waals surface area (Å²) in [6, 6.07) is 19.6. The summed E-state index contributed by atoms with van der Waals surface area (Å²) in [6.07, 6.45) is 2.08. The fourth-order valence-electron chi connectivity index (χ4n) is 3.04. The molecule has 0 aliphatic heterocycles. The molecule has 1 unspecified atom stereocenters. The fraction of sp³-hybridized carbons (Fsp3) is 0.364. The molecule has 136 valence electrons. The molecule has 0 aromatic heterocycles. The van der Waals surface area contributed by atoms with Gasteiger partial charge in [-0.1, -0.05) is 55.5 Å². The predicted octanol–water partition coefficient (Wildman–Crippen LogP) is 3.91. The summed E-state index contributed by atoms with van der Waals surface area (Å²) in [6.45, 7) is 4.46. The van der Waals surface area contributed by atoms with E-state index in [1.165, 1.54) is 0 Å². The molecule has 4 nitrogen and oxygen atoms in total. The number of rotatable bonds is 7. The molecule has 1 N–H and O–H groups in total. The Morgan fingerprint density at radius 3 is 2.15 bits per heavy atom. The van der Waals surface area contributed by atoms with Gasteiger partial charge in [0.25, 0.3) is 0 Å². The van der Waals surface area contributed by atoms with Crippen molar-refractivity contribution in [2.75, 3.05) is 4.90 Å². The van der Waals surface area contributed by atoms with Gasteiger partial charge in [-0.15, -0.1) is 0 Å². The third kappa shape index (κ3) is 3.79. The molecule has 4 heteroatoms. The number of anilines is 1. The minimum atomic E-state index is -0.909. The third-order valence-electron chi connectivity index (χ3n) is 5.08. The van der Waals surface area contributed by atoms with Crippen molar-refractivity contribution in [3.63, 3.8) is 0 Å². The van der Waals surface area contributed by atoms with Gasteiger partial charge in [-0.05, 0) is 43.9 Å². The van der Waals surface area contributed by atoms with E-state index in [1.807, 2.05) is 74.5 Å². The van der Waals surface area contributed by atoms with Crippen LogP contribution in [0.15, 0.2) is 60.7 Å². The van der Waals surface area contributed by atoms with E-state index in [9.17, 15) is 9.59 Å². The van der Waals surface area contributed by atoms with Gasteiger partial charge in [0.1, 0.15) is 5.41 Å². The first kappa shape index (κ1) is 18.2.